The SMILES string of the molecule is O=C(Nc1cccc(Cl)c1)N1CCC(N2CC(=O)N(c3ccccc3)C2=O)CC1. The Balaban J connectivity index is 1.35. The van der Waals surface area contributed by atoms with Crippen LogP contribution in [0.2, 0.25) is 5.02 Å². The molecule has 0 aliphatic carbocycles. The van der Waals surface area contributed by atoms with E-state index < -0.39 is 0 Å². The number of nitrogens with one attached hydrogen (secondary N) is 1. The first-order valence-corrected chi connectivity index (χ1v) is 9.91. The van der Waals surface area contributed by atoms with E-state index in [1.54, 1.807) is 58.3 Å². The van der Waals surface area contributed by atoms with Crippen LogP contribution in [0.15, 0.2) is 54.6 Å². The summed E-state index contributed by atoms with van der Waals surface area (Å²) in [4.78, 5) is 42.3. The molecule has 7 nitrogen and oxygen atoms in total. The van der Waals surface area contributed by atoms with Crippen molar-refractivity contribution in [3.63, 3.8) is 0 Å². The van der Waals surface area contributed by atoms with Crippen LogP contribution in [0.5, 0.6) is 0 Å². The van der Waals surface area contributed by atoms with E-state index in [-0.39, 0.29) is 30.6 Å². The van der Waals surface area contributed by atoms with Gasteiger partial charge in [0.15, 0.2) is 0 Å². The second-order valence-corrected chi connectivity index (χ2v) is 7.57. The number of amides is 5. The number of likely N-dealkylation sites (tertiary alicyclic amines) is 1. The summed E-state index contributed by atoms with van der Waals surface area (Å²) in [6.45, 7) is 1.11. The highest BCUT2D eigenvalue weighted by Crippen LogP contribution is 2.26. The number of rotatable bonds is 3. The van der Waals surface area contributed by atoms with E-state index in [0.717, 1.165) is 0 Å². The minimum Gasteiger partial charge on any atom is -0.324 e. The maximum absolute atomic E-state index is 12.8. The van der Waals surface area contributed by atoms with Crippen LogP contribution in [-0.4, -0.2) is 53.4 Å². The van der Waals surface area contributed by atoms with Gasteiger partial charge in [-0.3, -0.25) is 4.79 Å². The molecule has 4 rings (SSSR count). The van der Waals surface area contributed by atoms with Crippen LogP contribution >= 0.6 is 11.6 Å². The highest BCUT2D eigenvalue weighted by molar-refractivity contribution is 6.30. The lowest BCUT2D eigenvalue weighted by Gasteiger charge is -2.36. The Morgan fingerprint density at radius 1 is 1.00 bits per heavy atom. The molecule has 8 heteroatoms. The zero-order chi connectivity index (χ0) is 20.4. The molecule has 0 saturated carbocycles. The zero-order valence-electron chi connectivity index (χ0n) is 15.8. The van der Waals surface area contributed by atoms with Gasteiger partial charge in [-0.15, -0.1) is 0 Å². The molecule has 2 fully saturated rings. The summed E-state index contributed by atoms with van der Waals surface area (Å²) in [7, 11) is 0. The van der Waals surface area contributed by atoms with E-state index >= 15 is 0 Å². The molecule has 150 valence electrons. The Labute approximate surface area is 173 Å². The molecule has 2 heterocycles. The minimum atomic E-state index is -0.289. The first kappa shape index (κ1) is 19.3. The highest BCUT2D eigenvalue weighted by Gasteiger charge is 2.41. The maximum atomic E-state index is 12.8. The smallest absolute Gasteiger partial charge is 0.324 e. The average molecular weight is 413 g/mol. The van der Waals surface area contributed by atoms with Gasteiger partial charge < -0.3 is 15.1 Å². The molecule has 29 heavy (non-hydrogen) atoms. The van der Waals surface area contributed by atoms with Crippen LogP contribution in [-0.2, 0) is 4.79 Å². The molecule has 0 atom stereocenters. The second kappa shape index (κ2) is 8.13. The monoisotopic (exact) mass is 412 g/mol. The van der Waals surface area contributed by atoms with Crippen LogP contribution in [0.3, 0.4) is 0 Å². The average Bonchev–Trinajstić information content (AvgIpc) is 3.03. The van der Waals surface area contributed by atoms with Crippen molar-refractivity contribution in [3.8, 4) is 0 Å². The van der Waals surface area contributed by atoms with Gasteiger partial charge in [0.05, 0.1) is 5.69 Å². The lowest BCUT2D eigenvalue weighted by Crippen LogP contribution is -2.49. The Morgan fingerprint density at radius 3 is 2.41 bits per heavy atom. The van der Waals surface area contributed by atoms with Crippen molar-refractivity contribution < 1.29 is 14.4 Å². The van der Waals surface area contributed by atoms with Crippen LogP contribution in [0.1, 0.15) is 12.8 Å². The van der Waals surface area contributed by atoms with Crippen molar-refractivity contribution in [1.82, 2.24) is 9.80 Å². The lowest BCUT2D eigenvalue weighted by atomic mass is 10.0. The van der Waals surface area contributed by atoms with E-state index in [9.17, 15) is 14.4 Å². The van der Waals surface area contributed by atoms with Crippen LogP contribution in [0, 0.1) is 0 Å². The summed E-state index contributed by atoms with van der Waals surface area (Å²) in [5.74, 6) is -0.220. The number of anilines is 2. The number of halogens is 1. The predicted molar refractivity (Wildman–Crippen MR) is 111 cm³/mol. The van der Waals surface area contributed by atoms with Crippen LogP contribution in [0.25, 0.3) is 0 Å². The number of carbonyl (C=O) groups excluding carboxylic acids is 3. The van der Waals surface area contributed by atoms with E-state index in [1.165, 1.54) is 4.90 Å². The number of nitrogens with zero attached hydrogens (tertiary/aromatic N) is 3. The van der Waals surface area contributed by atoms with Gasteiger partial charge in [-0.2, -0.15) is 0 Å². The number of carbonyl (C=O) groups is 3. The molecule has 1 N–H and O–H groups in total. The number of urea groups is 2. The third-order valence-electron chi connectivity index (χ3n) is 5.27. The van der Waals surface area contributed by atoms with Gasteiger partial charge in [-0.25, -0.2) is 14.5 Å². The number of hydrogen-bond acceptors (Lipinski definition) is 3. The molecular formula is C21H21ClN4O3. The molecule has 0 spiro atoms. The Hall–Kier alpha value is -3.06. The number of benzene rings is 2. The van der Waals surface area contributed by atoms with Gasteiger partial charge in [0.2, 0.25) is 0 Å². The summed E-state index contributed by atoms with van der Waals surface area (Å²) < 4.78 is 0. The fourth-order valence-electron chi connectivity index (χ4n) is 3.79. The van der Waals surface area contributed by atoms with Crippen molar-refractivity contribution in [2.24, 2.45) is 0 Å². The highest BCUT2D eigenvalue weighted by atomic mass is 35.5. The first-order chi connectivity index (χ1) is 14.0. The van der Waals surface area contributed by atoms with Gasteiger partial charge >= 0.3 is 12.1 Å². The van der Waals surface area contributed by atoms with Crippen LogP contribution < -0.4 is 10.2 Å². The van der Waals surface area contributed by atoms with Gasteiger partial charge in [0, 0.05) is 29.8 Å². The van der Waals surface area contributed by atoms with Crippen molar-refractivity contribution in [3.05, 3.63) is 59.6 Å². The largest absolute Gasteiger partial charge is 0.332 e. The summed E-state index contributed by atoms with van der Waals surface area (Å²) in [5.41, 5.74) is 1.23. The number of piperidine rings is 1. The van der Waals surface area contributed by atoms with Crippen molar-refractivity contribution in [1.29, 1.82) is 0 Å². The molecule has 2 saturated heterocycles. The van der Waals surface area contributed by atoms with Crippen molar-refractivity contribution in [2.45, 2.75) is 18.9 Å². The number of imide groups is 1. The molecule has 0 bridgehead atoms. The third kappa shape index (κ3) is 4.05. The van der Waals surface area contributed by atoms with E-state index in [4.69, 9.17) is 11.6 Å². The summed E-state index contributed by atoms with van der Waals surface area (Å²) in [5, 5.41) is 3.40. The molecule has 2 aliphatic rings. The lowest BCUT2D eigenvalue weighted by molar-refractivity contribution is -0.116. The second-order valence-electron chi connectivity index (χ2n) is 7.13. The molecule has 2 aromatic carbocycles. The Morgan fingerprint density at radius 2 is 1.72 bits per heavy atom. The quantitative estimate of drug-likeness (QED) is 0.779. The standard InChI is InChI=1S/C21H21ClN4O3/c22-15-5-4-6-16(13-15)23-20(28)24-11-9-17(10-12-24)25-14-19(27)26(21(25)29)18-7-2-1-3-8-18/h1-8,13,17H,9-12,14H2,(H,23,28). The van der Waals surface area contributed by atoms with Gasteiger partial charge in [0.1, 0.15) is 6.54 Å². The van der Waals surface area contributed by atoms with E-state index in [1.807, 2.05) is 6.07 Å². The van der Waals surface area contributed by atoms with Gasteiger partial charge in [-0.1, -0.05) is 35.9 Å². The fraction of sp³-hybridized carbons (Fsp3) is 0.286. The Bertz CT molecular complexity index is 929. The molecule has 5 amide bonds. The number of para-hydroxylation sites is 1. The third-order valence-corrected chi connectivity index (χ3v) is 5.51. The number of hydrogen-bond donors (Lipinski definition) is 1. The first-order valence-electron chi connectivity index (χ1n) is 9.53. The minimum absolute atomic E-state index is 0.0598. The molecular weight excluding hydrogens is 392 g/mol. The summed E-state index contributed by atoms with van der Waals surface area (Å²) in [6.07, 6.45) is 1.26. The maximum Gasteiger partial charge on any atom is 0.332 e. The van der Waals surface area contributed by atoms with Crippen LogP contribution in [0.4, 0.5) is 21.0 Å². The summed E-state index contributed by atoms with van der Waals surface area (Å²) in [6, 6.07) is 15.4. The molecule has 2 aliphatic heterocycles. The van der Waals surface area contributed by atoms with Crippen molar-refractivity contribution >= 4 is 40.9 Å². The molecule has 0 aromatic heterocycles. The zero-order valence-corrected chi connectivity index (χ0v) is 16.5. The Kier molecular flexibility index (Phi) is 5.40. The predicted octanol–water partition coefficient (Wildman–Crippen LogP) is 3.81. The molecule has 2 aromatic rings. The van der Waals surface area contributed by atoms with Gasteiger partial charge in [-0.05, 0) is 43.2 Å². The van der Waals surface area contributed by atoms with Gasteiger partial charge in [0.25, 0.3) is 5.91 Å². The van der Waals surface area contributed by atoms with E-state index in [0.29, 0.717) is 42.3 Å². The van der Waals surface area contributed by atoms with Crippen molar-refractivity contribution in [2.75, 3.05) is 29.9 Å². The molecule has 0 radical (unpaired) electrons. The fourth-order valence-corrected chi connectivity index (χ4v) is 3.98. The normalized spacial score (nSPS) is 17.8. The molecule has 0 unspecified atom stereocenters. The topological polar surface area (TPSA) is 73.0 Å². The summed E-state index contributed by atoms with van der Waals surface area (Å²) >= 11 is 5.95. The van der Waals surface area contributed by atoms with E-state index in [2.05, 4.69) is 5.32 Å².